The molecule has 0 atom stereocenters. The molecule has 2 aromatic carbocycles. The first-order valence-corrected chi connectivity index (χ1v) is 10.5. The molecule has 0 aliphatic rings. The lowest BCUT2D eigenvalue weighted by Gasteiger charge is -2.14. The Morgan fingerprint density at radius 3 is 2.52 bits per heavy atom. The van der Waals surface area contributed by atoms with Crippen LogP contribution in [0.3, 0.4) is 0 Å². The Labute approximate surface area is 170 Å². The van der Waals surface area contributed by atoms with E-state index in [2.05, 4.69) is 16.4 Å². The third-order valence-electron chi connectivity index (χ3n) is 4.10. The van der Waals surface area contributed by atoms with Crippen LogP contribution in [0.25, 0.3) is 0 Å². The molecule has 0 saturated heterocycles. The van der Waals surface area contributed by atoms with Gasteiger partial charge in [-0.1, -0.05) is 31.5 Å². The van der Waals surface area contributed by atoms with Crippen LogP contribution in [0.5, 0.6) is 5.75 Å². The number of benzene rings is 2. The molecule has 0 bridgehead atoms. The van der Waals surface area contributed by atoms with E-state index in [0.717, 1.165) is 38.0 Å². The largest absolute Gasteiger partial charge is 0.483 e. The summed E-state index contributed by atoms with van der Waals surface area (Å²) < 4.78 is 38.2. The van der Waals surface area contributed by atoms with Crippen LogP contribution in [-0.2, 0) is 26.0 Å². The summed E-state index contributed by atoms with van der Waals surface area (Å²) in [7, 11) is -2.82. The number of methoxy groups -OCH3 is 1. The number of nitrogens with one attached hydrogen (secondary N) is 1. The molecule has 0 radical (unpaired) electrons. The molecule has 0 aliphatic carbocycles. The van der Waals surface area contributed by atoms with E-state index >= 15 is 0 Å². The maximum Gasteiger partial charge on any atom is 0.341 e. The molecule has 0 aromatic heterocycles. The van der Waals surface area contributed by atoms with E-state index in [0.29, 0.717) is 5.69 Å². The minimum atomic E-state index is -3.98. The molecule has 0 spiro atoms. The number of primary amides is 1. The number of esters is 1. The SMILES string of the molecule is CCCCc1ccccc1NS(=O)(=O)c1ccc(OCC(N)=O)c(C(=O)OC)c1. The number of para-hydroxylation sites is 1. The summed E-state index contributed by atoms with van der Waals surface area (Å²) in [6, 6.07) is 10.9. The van der Waals surface area contributed by atoms with Crippen molar-refractivity contribution in [3.63, 3.8) is 0 Å². The van der Waals surface area contributed by atoms with Gasteiger partial charge in [-0.05, 0) is 42.7 Å². The predicted octanol–water partition coefficient (Wildman–Crippen LogP) is 2.48. The summed E-state index contributed by atoms with van der Waals surface area (Å²) >= 11 is 0. The number of hydrogen-bond donors (Lipinski definition) is 2. The van der Waals surface area contributed by atoms with Gasteiger partial charge < -0.3 is 15.2 Å². The van der Waals surface area contributed by atoms with E-state index in [-0.39, 0.29) is 16.2 Å². The van der Waals surface area contributed by atoms with Crippen molar-refractivity contribution in [1.29, 1.82) is 0 Å². The van der Waals surface area contributed by atoms with E-state index in [4.69, 9.17) is 10.5 Å². The van der Waals surface area contributed by atoms with Gasteiger partial charge in [-0.2, -0.15) is 0 Å². The molecule has 156 valence electrons. The van der Waals surface area contributed by atoms with Crippen molar-refractivity contribution < 1.29 is 27.5 Å². The lowest BCUT2D eigenvalue weighted by atomic mass is 10.1. The second-order valence-corrected chi connectivity index (χ2v) is 7.95. The average molecular weight is 420 g/mol. The summed E-state index contributed by atoms with van der Waals surface area (Å²) in [4.78, 5) is 22.8. The molecule has 9 heteroatoms. The van der Waals surface area contributed by atoms with Gasteiger partial charge in [-0.15, -0.1) is 0 Å². The van der Waals surface area contributed by atoms with Crippen molar-refractivity contribution in [1.82, 2.24) is 0 Å². The van der Waals surface area contributed by atoms with Crippen molar-refractivity contribution in [3.8, 4) is 5.75 Å². The predicted molar refractivity (Wildman–Crippen MR) is 108 cm³/mol. The standard InChI is InChI=1S/C20H24N2O6S/c1-3-4-7-14-8-5-6-9-17(14)22-29(25,26)15-10-11-18(28-13-19(21)23)16(12-15)20(24)27-2/h5-6,8-12,22H,3-4,7,13H2,1-2H3,(H2,21,23). The van der Waals surface area contributed by atoms with Crippen molar-refractivity contribution in [2.75, 3.05) is 18.4 Å². The third kappa shape index (κ3) is 5.95. The van der Waals surface area contributed by atoms with E-state index in [1.807, 2.05) is 12.1 Å². The number of rotatable bonds is 10. The molecule has 29 heavy (non-hydrogen) atoms. The number of carbonyl (C=O) groups is 2. The maximum atomic E-state index is 12.9. The number of nitrogens with two attached hydrogens (primary N) is 1. The van der Waals surface area contributed by atoms with Crippen LogP contribution in [0.1, 0.15) is 35.7 Å². The molecule has 1 amide bonds. The average Bonchev–Trinajstić information content (AvgIpc) is 2.70. The Balaban J connectivity index is 2.37. The van der Waals surface area contributed by atoms with Gasteiger partial charge in [0.05, 0.1) is 17.7 Å². The Bertz CT molecular complexity index is 988. The van der Waals surface area contributed by atoms with Gasteiger partial charge in [-0.3, -0.25) is 9.52 Å². The molecule has 2 aromatic rings. The zero-order valence-electron chi connectivity index (χ0n) is 16.3. The zero-order valence-corrected chi connectivity index (χ0v) is 17.1. The number of unbranched alkanes of at least 4 members (excludes halogenated alkanes) is 1. The van der Waals surface area contributed by atoms with Gasteiger partial charge in [0.1, 0.15) is 11.3 Å². The van der Waals surface area contributed by atoms with E-state index in [1.54, 1.807) is 12.1 Å². The molecule has 3 N–H and O–H groups in total. The van der Waals surface area contributed by atoms with Gasteiger partial charge in [0.15, 0.2) is 6.61 Å². The number of anilines is 1. The van der Waals surface area contributed by atoms with Crippen LogP contribution in [0.15, 0.2) is 47.4 Å². The first kappa shape index (κ1) is 22.2. The van der Waals surface area contributed by atoms with Gasteiger partial charge in [0, 0.05) is 0 Å². The quantitative estimate of drug-likeness (QED) is 0.569. The fourth-order valence-corrected chi connectivity index (χ4v) is 3.76. The number of amides is 1. The van der Waals surface area contributed by atoms with Crippen molar-refractivity contribution in [3.05, 3.63) is 53.6 Å². The van der Waals surface area contributed by atoms with E-state index in [9.17, 15) is 18.0 Å². The maximum absolute atomic E-state index is 12.9. The number of carbonyl (C=O) groups excluding carboxylic acids is 2. The summed E-state index contributed by atoms with van der Waals surface area (Å²) in [5.41, 5.74) is 6.28. The number of ether oxygens (including phenoxy) is 2. The number of hydrogen-bond acceptors (Lipinski definition) is 6. The van der Waals surface area contributed by atoms with Crippen LogP contribution in [0, 0.1) is 0 Å². The fourth-order valence-electron chi connectivity index (χ4n) is 2.63. The van der Waals surface area contributed by atoms with Gasteiger partial charge in [0.25, 0.3) is 15.9 Å². The topological polar surface area (TPSA) is 125 Å². The first-order valence-electron chi connectivity index (χ1n) is 9.02. The van der Waals surface area contributed by atoms with Crippen LogP contribution in [0.4, 0.5) is 5.69 Å². The Kier molecular flexibility index (Phi) is 7.60. The molecule has 0 heterocycles. The summed E-state index contributed by atoms with van der Waals surface area (Å²) in [5.74, 6) is -1.54. The molecule has 0 fully saturated rings. The van der Waals surface area contributed by atoms with E-state index in [1.165, 1.54) is 12.1 Å². The smallest absolute Gasteiger partial charge is 0.341 e. The first-order chi connectivity index (χ1) is 13.8. The van der Waals surface area contributed by atoms with Crippen LogP contribution in [-0.4, -0.2) is 34.0 Å². The molecule has 0 saturated carbocycles. The van der Waals surface area contributed by atoms with Gasteiger partial charge in [-0.25, -0.2) is 13.2 Å². The Morgan fingerprint density at radius 2 is 1.86 bits per heavy atom. The second kappa shape index (κ2) is 9.92. The molecule has 8 nitrogen and oxygen atoms in total. The highest BCUT2D eigenvalue weighted by atomic mass is 32.2. The normalized spacial score (nSPS) is 11.0. The molecular formula is C20H24N2O6S. The van der Waals surface area contributed by atoms with Crippen LogP contribution >= 0.6 is 0 Å². The number of sulfonamides is 1. The number of aryl methyl sites for hydroxylation is 1. The Morgan fingerprint density at radius 1 is 1.14 bits per heavy atom. The van der Waals surface area contributed by atoms with Crippen molar-refractivity contribution in [2.24, 2.45) is 5.73 Å². The minimum absolute atomic E-state index is 0.00190. The van der Waals surface area contributed by atoms with Crippen molar-refractivity contribution >= 4 is 27.6 Å². The second-order valence-electron chi connectivity index (χ2n) is 6.27. The molecule has 0 aliphatic heterocycles. The lowest BCUT2D eigenvalue weighted by molar-refractivity contribution is -0.119. The monoisotopic (exact) mass is 420 g/mol. The zero-order chi connectivity index (χ0) is 21.4. The summed E-state index contributed by atoms with van der Waals surface area (Å²) in [6.07, 6.45) is 2.65. The highest BCUT2D eigenvalue weighted by Gasteiger charge is 2.21. The molecule has 2 rings (SSSR count). The highest BCUT2D eigenvalue weighted by Crippen LogP contribution is 2.26. The molecular weight excluding hydrogens is 396 g/mol. The fraction of sp³-hybridized carbons (Fsp3) is 0.300. The van der Waals surface area contributed by atoms with Crippen molar-refractivity contribution in [2.45, 2.75) is 31.1 Å². The van der Waals surface area contributed by atoms with E-state index < -0.39 is 28.5 Å². The minimum Gasteiger partial charge on any atom is -0.483 e. The third-order valence-corrected chi connectivity index (χ3v) is 5.46. The summed E-state index contributed by atoms with van der Waals surface area (Å²) in [5, 5.41) is 0. The lowest BCUT2D eigenvalue weighted by Crippen LogP contribution is -2.21. The Hall–Kier alpha value is -3.07. The van der Waals surface area contributed by atoms with Crippen LogP contribution < -0.4 is 15.2 Å². The van der Waals surface area contributed by atoms with Gasteiger partial charge >= 0.3 is 5.97 Å². The van der Waals surface area contributed by atoms with Crippen LogP contribution in [0.2, 0.25) is 0 Å². The highest BCUT2D eigenvalue weighted by molar-refractivity contribution is 7.92. The van der Waals surface area contributed by atoms with Gasteiger partial charge in [0.2, 0.25) is 0 Å². The molecule has 0 unspecified atom stereocenters. The summed E-state index contributed by atoms with van der Waals surface area (Å²) in [6.45, 7) is 1.60.